The molecular weight excluding hydrogens is 221 g/mol. The number of hydrogen-bond acceptors (Lipinski definition) is 3. The summed E-state index contributed by atoms with van der Waals surface area (Å²) in [5.41, 5.74) is -5.27. The Kier molecular flexibility index (Phi) is 3.99. The largest absolute Gasteiger partial charge is 0.501 e. The van der Waals surface area contributed by atoms with E-state index in [1.54, 1.807) is 0 Å². The maximum Gasteiger partial charge on any atom is 0.501 e. The van der Waals surface area contributed by atoms with Gasteiger partial charge in [0.1, 0.15) is 5.76 Å². The topological polar surface area (TPSA) is 43.4 Å². The minimum Gasteiger partial charge on any atom is -0.500 e. The van der Waals surface area contributed by atoms with Gasteiger partial charge in [0.25, 0.3) is 9.84 Å². The van der Waals surface area contributed by atoms with Crippen molar-refractivity contribution in [2.24, 2.45) is 0 Å². The quantitative estimate of drug-likeness (QED) is 0.701. The fourth-order valence-corrected chi connectivity index (χ4v) is 1.74. The highest BCUT2D eigenvalue weighted by atomic mass is 32.2. The first-order valence-corrected chi connectivity index (χ1v) is 5.21. The van der Waals surface area contributed by atoms with Crippen molar-refractivity contribution in [2.45, 2.75) is 25.8 Å². The van der Waals surface area contributed by atoms with Crippen molar-refractivity contribution in [3.05, 3.63) is 10.7 Å². The summed E-state index contributed by atoms with van der Waals surface area (Å²) < 4.78 is 62.4. The second-order valence-electron chi connectivity index (χ2n) is 2.49. The number of sulfone groups is 1. The van der Waals surface area contributed by atoms with E-state index in [0.29, 0.717) is 0 Å². The van der Waals surface area contributed by atoms with E-state index < -0.39 is 20.3 Å². The lowest BCUT2D eigenvalue weighted by atomic mass is 10.4. The number of ether oxygens (including phenoxy) is 1. The van der Waals surface area contributed by atoms with Gasteiger partial charge < -0.3 is 4.74 Å². The highest BCUT2D eigenvalue weighted by molar-refractivity contribution is 7.96. The molecule has 0 spiro atoms. The first kappa shape index (κ1) is 13.3. The molecule has 0 N–H and O–H groups in total. The Labute approximate surface area is 80.5 Å². The van der Waals surface area contributed by atoms with Crippen molar-refractivity contribution in [3.63, 3.8) is 0 Å². The Morgan fingerprint density at radius 3 is 2.00 bits per heavy atom. The lowest BCUT2D eigenvalue weighted by Crippen LogP contribution is -2.24. The SMILES string of the molecule is CC/C(OC)=C(\C)S(=O)(=O)C(F)(F)F. The predicted molar refractivity (Wildman–Crippen MR) is 45.0 cm³/mol. The van der Waals surface area contributed by atoms with Crippen LogP contribution in [0.15, 0.2) is 10.7 Å². The van der Waals surface area contributed by atoms with E-state index in [1.807, 2.05) is 0 Å². The second-order valence-corrected chi connectivity index (χ2v) is 4.57. The molecule has 0 aromatic carbocycles. The standard InChI is InChI=1S/C7H11F3O3S/c1-4-6(13-3)5(2)14(11,12)7(8,9)10/h4H2,1-3H3/b6-5-. The van der Waals surface area contributed by atoms with Gasteiger partial charge in [-0.3, -0.25) is 0 Å². The van der Waals surface area contributed by atoms with Crippen LogP contribution < -0.4 is 0 Å². The van der Waals surface area contributed by atoms with Crippen LogP contribution in [0.3, 0.4) is 0 Å². The number of allylic oxidation sites excluding steroid dienone is 2. The Bertz CT molecular complexity index is 321. The number of halogens is 3. The fourth-order valence-electron chi connectivity index (χ4n) is 0.860. The van der Waals surface area contributed by atoms with E-state index in [0.717, 1.165) is 14.0 Å². The summed E-state index contributed by atoms with van der Waals surface area (Å²) in [4.78, 5) is -0.782. The molecule has 0 aliphatic carbocycles. The van der Waals surface area contributed by atoms with Crippen LogP contribution in [0.4, 0.5) is 13.2 Å². The van der Waals surface area contributed by atoms with Crippen molar-refractivity contribution in [1.82, 2.24) is 0 Å². The summed E-state index contributed by atoms with van der Waals surface area (Å²) in [6, 6.07) is 0. The molecular formula is C7H11F3O3S. The highest BCUT2D eigenvalue weighted by Gasteiger charge is 2.47. The third-order valence-corrected chi connectivity index (χ3v) is 3.31. The first-order valence-electron chi connectivity index (χ1n) is 3.73. The number of hydrogen-bond donors (Lipinski definition) is 0. The highest BCUT2D eigenvalue weighted by Crippen LogP contribution is 2.31. The van der Waals surface area contributed by atoms with Crippen LogP contribution in [0.2, 0.25) is 0 Å². The van der Waals surface area contributed by atoms with E-state index in [9.17, 15) is 21.6 Å². The molecule has 0 rings (SSSR count). The first-order chi connectivity index (χ1) is 6.18. The summed E-state index contributed by atoms with van der Waals surface area (Å²) >= 11 is 0. The molecule has 0 aromatic heterocycles. The third kappa shape index (κ3) is 2.40. The van der Waals surface area contributed by atoms with Gasteiger partial charge in [0, 0.05) is 6.42 Å². The molecule has 0 heterocycles. The summed E-state index contributed by atoms with van der Waals surface area (Å²) in [5.74, 6) is -0.178. The van der Waals surface area contributed by atoms with Gasteiger partial charge >= 0.3 is 5.51 Å². The maximum atomic E-state index is 12.0. The van der Waals surface area contributed by atoms with Crippen molar-refractivity contribution in [1.29, 1.82) is 0 Å². The van der Waals surface area contributed by atoms with E-state index in [2.05, 4.69) is 4.74 Å². The maximum absolute atomic E-state index is 12.0. The second kappa shape index (κ2) is 4.20. The van der Waals surface area contributed by atoms with Crippen molar-refractivity contribution in [2.75, 3.05) is 7.11 Å². The monoisotopic (exact) mass is 232 g/mol. The van der Waals surface area contributed by atoms with Crippen LogP contribution in [0, 0.1) is 0 Å². The van der Waals surface area contributed by atoms with Gasteiger partial charge in [-0.05, 0) is 6.92 Å². The Balaban J connectivity index is 5.44. The zero-order valence-corrected chi connectivity index (χ0v) is 8.79. The summed E-state index contributed by atoms with van der Waals surface area (Å²) in [6.45, 7) is 2.39. The molecule has 0 fully saturated rings. The molecule has 0 aromatic rings. The average Bonchev–Trinajstić information content (AvgIpc) is 2.04. The van der Waals surface area contributed by atoms with Crippen LogP contribution in [0.1, 0.15) is 20.3 Å². The van der Waals surface area contributed by atoms with E-state index in [4.69, 9.17) is 0 Å². The van der Waals surface area contributed by atoms with Gasteiger partial charge in [-0.25, -0.2) is 8.42 Å². The number of methoxy groups -OCH3 is 1. The lowest BCUT2D eigenvalue weighted by Gasteiger charge is -2.11. The molecule has 0 radical (unpaired) electrons. The molecule has 14 heavy (non-hydrogen) atoms. The van der Waals surface area contributed by atoms with E-state index in [1.165, 1.54) is 6.92 Å². The van der Waals surface area contributed by atoms with Gasteiger partial charge in [0.15, 0.2) is 0 Å². The zero-order chi connectivity index (χ0) is 11.6. The third-order valence-electron chi connectivity index (χ3n) is 1.67. The van der Waals surface area contributed by atoms with Gasteiger partial charge in [-0.1, -0.05) is 6.92 Å². The molecule has 0 saturated heterocycles. The van der Waals surface area contributed by atoms with Crippen molar-refractivity contribution >= 4 is 9.84 Å². The summed E-state index contributed by atoms with van der Waals surface area (Å²) in [5, 5.41) is 0. The average molecular weight is 232 g/mol. The Hall–Kier alpha value is -0.720. The molecule has 3 nitrogen and oxygen atoms in total. The van der Waals surface area contributed by atoms with Gasteiger partial charge in [0.05, 0.1) is 12.0 Å². The predicted octanol–water partition coefficient (Wildman–Crippen LogP) is 2.21. The van der Waals surface area contributed by atoms with Crippen LogP contribution in [0.25, 0.3) is 0 Å². The molecule has 0 aliphatic rings. The summed E-state index contributed by atoms with van der Waals surface area (Å²) in [7, 11) is -4.11. The Morgan fingerprint density at radius 1 is 1.36 bits per heavy atom. The van der Waals surface area contributed by atoms with Crippen LogP contribution in [0.5, 0.6) is 0 Å². The molecule has 0 bridgehead atoms. The van der Waals surface area contributed by atoms with E-state index in [-0.39, 0.29) is 12.2 Å². The van der Waals surface area contributed by atoms with Crippen molar-refractivity contribution < 1.29 is 26.3 Å². The molecule has 7 heteroatoms. The molecule has 84 valence electrons. The number of rotatable bonds is 3. The zero-order valence-electron chi connectivity index (χ0n) is 7.97. The van der Waals surface area contributed by atoms with Crippen LogP contribution >= 0.6 is 0 Å². The van der Waals surface area contributed by atoms with Crippen molar-refractivity contribution in [3.8, 4) is 0 Å². The summed E-state index contributed by atoms with van der Waals surface area (Å²) in [6.07, 6.45) is 0.0949. The molecule has 0 aliphatic heterocycles. The minimum absolute atomic E-state index is 0.0949. The van der Waals surface area contributed by atoms with Gasteiger partial charge in [-0.2, -0.15) is 13.2 Å². The van der Waals surface area contributed by atoms with Crippen LogP contribution in [-0.4, -0.2) is 21.0 Å². The minimum atomic E-state index is -5.27. The molecule has 0 saturated carbocycles. The fraction of sp³-hybridized carbons (Fsp3) is 0.714. The van der Waals surface area contributed by atoms with Gasteiger partial charge in [0.2, 0.25) is 0 Å². The van der Waals surface area contributed by atoms with Crippen LogP contribution in [-0.2, 0) is 14.6 Å². The van der Waals surface area contributed by atoms with Gasteiger partial charge in [-0.15, -0.1) is 0 Å². The normalized spacial score (nSPS) is 15.0. The number of alkyl halides is 3. The Morgan fingerprint density at radius 2 is 1.79 bits per heavy atom. The molecule has 0 amide bonds. The van der Waals surface area contributed by atoms with E-state index >= 15 is 0 Å². The molecule has 0 unspecified atom stereocenters. The molecule has 0 atom stereocenters. The smallest absolute Gasteiger partial charge is 0.500 e. The lowest BCUT2D eigenvalue weighted by molar-refractivity contribution is -0.0428.